The van der Waals surface area contributed by atoms with Gasteiger partial charge in [0.2, 0.25) is 15.9 Å². The van der Waals surface area contributed by atoms with Gasteiger partial charge in [-0.15, -0.1) is 0 Å². The molecule has 8 nitrogen and oxygen atoms in total. The fraction of sp³-hybridized carbons (Fsp3) is 0.379. The summed E-state index contributed by atoms with van der Waals surface area (Å²) in [6, 6.07) is 17.3. The first kappa shape index (κ1) is 26.3. The number of aryl methyl sites for hydroxylation is 1. The van der Waals surface area contributed by atoms with Crippen molar-refractivity contribution in [3.05, 3.63) is 71.8 Å². The van der Waals surface area contributed by atoms with Gasteiger partial charge in [-0.05, 0) is 62.4 Å². The van der Waals surface area contributed by atoms with Gasteiger partial charge in [0.25, 0.3) is 5.91 Å². The normalized spacial score (nSPS) is 21.9. The topological polar surface area (TPSA) is 108 Å². The van der Waals surface area contributed by atoms with Crippen LogP contribution in [0.4, 0.5) is 5.69 Å². The Hall–Kier alpha value is -3.27. The highest BCUT2D eigenvalue weighted by atomic mass is 32.2. The van der Waals surface area contributed by atoms with Crippen LogP contribution in [0.2, 0.25) is 0 Å². The molecule has 3 atom stereocenters. The number of hydrogen-bond acceptors (Lipinski definition) is 5. The van der Waals surface area contributed by atoms with Crippen molar-refractivity contribution in [3.8, 4) is 0 Å². The second-order valence-electron chi connectivity index (χ2n) is 10.4. The van der Waals surface area contributed by atoms with Crippen LogP contribution in [0.15, 0.2) is 65.6 Å². The largest absolute Gasteiger partial charge is 0.341 e. The van der Waals surface area contributed by atoms with Crippen LogP contribution in [0, 0.1) is 12.8 Å². The molecule has 3 N–H and O–H groups in total. The molecule has 0 saturated carbocycles. The molecule has 2 heterocycles. The number of anilines is 1. The van der Waals surface area contributed by atoms with Crippen molar-refractivity contribution in [2.45, 2.75) is 50.1 Å². The molecule has 2 aliphatic rings. The van der Waals surface area contributed by atoms with Crippen LogP contribution in [0.1, 0.15) is 42.1 Å². The molecular weight excluding hydrogens is 500 g/mol. The molecule has 2 aliphatic heterocycles. The molecule has 0 spiro atoms. The Morgan fingerprint density at radius 1 is 0.974 bits per heavy atom. The average molecular weight is 535 g/mol. The van der Waals surface area contributed by atoms with Crippen molar-refractivity contribution in [2.75, 3.05) is 25.0 Å². The first-order valence-corrected chi connectivity index (χ1v) is 14.7. The number of amides is 2. The Kier molecular flexibility index (Phi) is 7.52. The molecule has 0 radical (unpaired) electrons. The Balaban J connectivity index is 1.34. The maximum absolute atomic E-state index is 13.6. The summed E-state index contributed by atoms with van der Waals surface area (Å²) in [6.45, 7) is 5.77. The van der Waals surface area contributed by atoms with E-state index in [9.17, 15) is 18.0 Å². The lowest BCUT2D eigenvalue weighted by molar-refractivity contribution is -0.135. The van der Waals surface area contributed by atoms with E-state index in [0.29, 0.717) is 41.5 Å². The van der Waals surface area contributed by atoms with E-state index in [1.54, 1.807) is 30.3 Å². The smallest absolute Gasteiger partial charge is 0.255 e. The van der Waals surface area contributed by atoms with Crippen molar-refractivity contribution in [3.63, 3.8) is 0 Å². The summed E-state index contributed by atoms with van der Waals surface area (Å²) in [5.41, 5.74) is 1.98. The van der Waals surface area contributed by atoms with Gasteiger partial charge in [0, 0.05) is 41.2 Å². The molecule has 5 rings (SSSR count). The molecule has 0 aliphatic carbocycles. The summed E-state index contributed by atoms with van der Waals surface area (Å²) < 4.78 is 30.1. The summed E-state index contributed by atoms with van der Waals surface area (Å²) in [4.78, 5) is 27.8. The average Bonchev–Trinajstić information content (AvgIpc) is 3.45. The van der Waals surface area contributed by atoms with E-state index >= 15 is 0 Å². The lowest BCUT2D eigenvalue weighted by Crippen LogP contribution is -2.54. The highest BCUT2D eigenvalue weighted by molar-refractivity contribution is 7.89. The predicted molar refractivity (Wildman–Crippen MR) is 149 cm³/mol. The van der Waals surface area contributed by atoms with Gasteiger partial charge >= 0.3 is 0 Å². The van der Waals surface area contributed by atoms with Gasteiger partial charge < -0.3 is 15.5 Å². The first-order valence-electron chi connectivity index (χ1n) is 13.2. The molecule has 9 heteroatoms. The number of sulfonamides is 1. The van der Waals surface area contributed by atoms with E-state index in [1.807, 2.05) is 49.1 Å². The van der Waals surface area contributed by atoms with Gasteiger partial charge in [0.05, 0.1) is 10.9 Å². The second kappa shape index (κ2) is 10.8. The minimum absolute atomic E-state index is 0.0252. The van der Waals surface area contributed by atoms with Crippen LogP contribution >= 0.6 is 0 Å². The van der Waals surface area contributed by atoms with Crippen molar-refractivity contribution in [2.24, 2.45) is 5.92 Å². The number of nitrogens with one attached hydrogen (secondary N) is 3. The summed E-state index contributed by atoms with van der Waals surface area (Å²) in [7, 11) is -3.86. The number of hydrogen-bond donors (Lipinski definition) is 3. The van der Waals surface area contributed by atoms with E-state index in [2.05, 4.69) is 15.4 Å². The number of rotatable bonds is 6. The van der Waals surface area contributed by atoms with Crippen molar-refractivity contribution in [1.29, 1.82) is 0 Å². The number of nitrogens with zero attached hydrogens (tertiary/aromatic N) is 1. The molecule has 2 saturated heterocycles. The number of likely N-dealkylation sites (tertiary alicyclic amines) is 1. The second-order valence-corrected chi connectivity index (χ2v) is 12.0. The zero-order valence-corrected chi connectivity index (χ0v) is 22.6. The fourth-order valence-corrected chi connectivity index (χ4v) is 7.12. The summed E-state index contributed by atoms with van der Waals surface area (Å²) in [6.07, 6.45) is 2.42. The maximum Gasteiger partial charge on any atom is 0.255 e. The number of fused-ring (bicyclic) bond motifs is 1. The van der Waals surface area contributed by atoms with E-state index in [-0.39, 0.29) is 34.7 Å². The summed E-state index contributed by atoms with van der Waals surface area (Å²) >= 11 is 0. The van der Waals surface area contributed by atoms with E-state index in [0.717, 1.165) is 24.9 Å². The molecule has 3 aromatic rings. The van der Waals surface area contributed by atoms with Gasteiger partial charge in [-0.2, -0.15) is 0 Å². The van der Waals surface area contributed by atoms with E-state index < -0.39 is 10.0 Å². The van der Waals surface area contributed by atoms with Crippen LogP contribution in [0.25, 0.3) is 10.8 Å². The molecule has 0 bridgehead atoms. The zero-order chi connectivity index (χ0) is 26.9. The van der Waals surface area contributed by atoms with Gasteiger partial charge in [0.1, 0.15) is 0 Å². The zero-order valence-electron chi connectivity index (χ0n) is 21.7. The summed E-state index contributed by atoms with van der Waals surface area (Å²) in [5, 5.41) is 7.39. The van der Waals surface area contributed by atoms with Crippen LogP contribution in [0.5, 0.6) is 0 Å². The molecule has 2 fully saturated rings. The lowest BCUT2D eigenvalue weighted by Gasteiger charge is -2.38. The third kappa shape index (κ3) is 5.32. The Bertz CT molecular complexity index is 1470. The third-order valence-electron chi connectivity index (χ3n) is 7.69. The molecule has 200 valence electrons. The summed E-state index contributed by atoms with van der Waals surface area (Å²) in [5.74, 6) is -0.155. The molecule has 0 aromatic heterocycles. The minimum Gasteiger partial charge on any atom is -0.341 e. The van der Waals surface area contributed by atoms with Gasteiger partial charge in [-0.1, -0.05) is 49.4 Å². The molecular formula is C29H34N4O4S. The quantitative estimate of drug-likeness (QED) is 0.447. The fourth-order valence-electron chi connectivity index (χ4n) is 5.53. The van der Waals surface area contributed by atoms with Gasteiger partial charge in [-0.25, -0.2) is 13.1 Å². The van der Waals surface area contributed by atoms with Crippen molar-refractivity contribution < 1.29 is 18.0 Å². The van der Waals surface area contributed by atoms with E-state index in [4.69, 9.17) is 0 Å². The molecule has 3 aromatic carbocycles. The highest BCUT2D eigenvalue weighted by Gasteiger charge is 2.35. The Morgan fingerprint density at radius 2 is 1.71 bits per heavy atom. The molecule has 38 heavy (non-hydrogen) atoms. The van der Waals surface area contributed by atoms with Crippen LogP contribution in [-0.2, 0) is 14.8 Å². The molecule has 2 amide bonds. The van der Waals surface area contributed by atoms with Gasteiger partial charge in [-0.3, -0.25) is 9.59 Å². The molecule has 0 unspecified atom stereocenters. The monoisotopic (exact) mass is 534 g/mol. The van der Waals surface area contributed by atoms with Crippen molar-refractivity contribution in [1.82, 2.24) is 14.9 Å². The van der Waals surface area contributed by atoms with Crippen molar-refractivity contribution >= 4 is 38.3 Å². The Labute approximate surface area is 223 Å². The van der Waals surface area contributed by atoms with Crippen LogP contribution in [-0.4, -0.2) is 56.9 Å². The highest BCUT2D eigenvalue weighted by Crippen LogP contribution is 2.31. The minimum atomic E-state index is -3.86. The number of piperidine rings is 1. The number of carbonyl (C=O) groups excluding carboxylic acids is 2. The predicted octanol–water partition coefficient (Wildman–Crippen LogP) is 3.67. The third-order valence-corrected chi connectivity index (χ3v) is 9.24. The standard InChI is InChI=1S/C29H34N4O4S/c1-19-8-3-4-9-21(19)28(34)31-25-13-14-27(23-11-6-5-10-22(23)25)38(36,37)32-24-15-17-33(18-20(24)2)29(35)26-12-7-16-30-26/h3-6,8-11,13-14,20,24,26,30,32H,7,12,15-18H2,1-2H3,(H,31,34)/t20-,24+,26-/m1/s1. The first-order chi connectivity index (χ1) is 18.2. The van der Waals surface area contributed by atoms with Crippen LogP contribution < -0.4 is 15.4 Å². The lowest BCUT2D eigenvalue weighted by atomic mass is 9.94. The Morgan fingerprint density at radius 3 is 2.42 bits per heavy atom. The SMILES string of the molecule is Cc1ccccc1C(=O)Nc1ccc(S(=O)(=O)N[C@H]2CCN(C(=O)[C@H]3CCCN3)C[C@H]2C)c2ccccc12. The van der Waals surface area contributed by atoms with E-state index in [1.165, 1.54) is 0 Å². The number of carbonyl (C=O) groups is 2. The van der Waals surface area contributed by atoms with Crippen LogP contribution in [0.3, 0.4) is 0 Å². The maximum atomic E-state index is 13.6. The number of benzene rings is 3. The van der Waals surface area contributed by atoms with Gasteiger partial charge in [0.15, 0.2) is 0 Å².